The molecule has 2 saturated heterocycles. The minimum Gasteiger partial charge on any atom is -0.493 e. The molecule has 3 heterocycles. The molecule has 10 heteroatoms. The molecule has 2 aliphatic heterocycles. The summed E-state index contributed by atoms with van der Waals surface area (Å²) in [6.07, 6.45) is 8.64. The van der Waals surface area contributed by atoms with Gasteiger partial charge < -0.3 is 34.5 Å². The van der Waals surface area contributed by atoms with Crippen LogP contribution in [0.15, 0.2) is 73.1 Å². The summed E-state index contributed by atoms with van der Waals surface area (Å²) in [6.45, 7) is 13.1. The van der Waals surface area contributed by atoms with Gasteiger partial charge in [0.15, 0.2) is 0 Å². The number of amides is 1. The molecule has 2 fully saturated rings. The van der Waals surface area contributed by atoms with Crippen molar-refractivity contribution in [2.75, 3.05) is 45.9 Å². The van der Waals surface area contributed by atoms with Gasteiger partial charge in [0.25, 0.3) is 0 Å². The van der Waals surface area contributed by atoms with Crippen LogP contribution in [0.25, 0.3) is 11.1 Å². The minimum absolute atomic E-state index is 0.0576. The SMILES string of the molecule is CC(=O)NCCNCc1cc(Cl)c(OCc2cccc(-c3cccc(OCCCN4CCC5OCCCC5C4)c3C)c2C)cc1OCc1cccnc1. The number of carbonyl (C=O) groups excluding carboxylic acids is 1. The van der Waals surface area contributed by atoms with Crippen LogP contribution in [-0.4, -0.2) is 67.8 Å². The van der Waals surface area contributed by atoms with Crippen LogP contribution in [0.2, 0.25) is 5.02 Å². The molecule has 0 saturated carbocycles. The maximum atomic E-state index is 11.2. The lowest BCUT2D eigenvalue weighted by molar-refractivity contribution is -0.118. The third-order valence-electron chi connectivity index (χ3n) is 10.3. The summed E-state index contributed by atoms with van der Waals surface area (Å²) in [5.74, 6) is 2.77. The van der Waals surface area contributed by atoms with Crippen LogP contribution in [0.4, 0.5) is 0 Å². The van der Waals surface area contributed by atoms with Crippen molar-refractivity contribution in [2.24, 2.45) is 5.92 Å². The van der Waals surface area contributed by atoms with Crippen LogP contribution < -0.4 is 24.8 Å². The van der Waals surface area contributed by atoms with Gasteiger partial charge in [-0.15, -0.1) is 0 Å². The molecule has 0 bridgehead atoms. The standard InChI is InChI=1S/C43H53ClN4O5/c1-30-35(29-53-43-24-42(52-28-33-9-6-16-45-25-33)36(23-39(43)44)26-46-17-18-47-32(3)49)10-4-12-37(30)38-13-5-14-40(31(38)2)50-22-8-19-48-20-15-41-34(27-48)11-7-21-51-41/h4-6,9-10,12-14,16,23-25,34,41,46H,7-8,11,15,17-22,26-29H2,1-3H3,(H,47,49). The maximum Gasteiger partial charge on any atom is 0.216 e. The van der Waals surface area contributed by atoms with Gasteiger partial charge in [-0.2, -0.15) is 0 Å². The number of likely N-dealkylation sites (tertiary alicyclic amines) is 1. The third-order valence-corrected chi connectivity index (χ3v) is 10.6. The predicted octanol–water partition coefficient (Wildman–Crippen LogP) is 7.67. The highest BCUT2D eigenvalue weighted by atomic mass is 35.5. The molecular formula is C43H53ClN4O5. The van der Waals surface area contributed by atoms with Crippen molar-refractivity contribution in [3.8, 4) is 28.4 Å². The summed E-state index contributed by atoms with van der Waals surface area (Å²) in [4.78, 5) is 18.0. The number of carbonyl (C=O) groups is 1. The molecule has 0 spiro atoms. The quantitative estimate of drug-likeness (QED) is 0.107. The van der Waals surface area contributed by atoms with Gasteiger partial charge in [0.05, 0.1) is 17.7 Å². The van der Waals surface area contributed by atoms with Gasteiger partial charge >= 0.3 is 0 Å². The Bertz CT molecular complexity index is 1810. The average Bonchev–Trinajstić information content (AvgIpc) is 3.17. The summed E-state index contributed by atoms with van der Waals surface area (Å²) in [6, 6.07) is 20.3. The molecule has 4 aromatic rings. The monoisotopic (exact) mass is 740 g/mol. The molecule has 2 atom stereocenters. The van der Waals surface area contributed by atoms with Crippen molar-refractivity contribution < 1.29 is 23.7 Å². The summed E-state index contributed by atoms with van der Waals surface area (Å²) in [7, 11) is 0. The van der Waals surface area contributed by atoms with Gasteiger partial charge in [0.1, 0.15) is 30.5 Å². The van der Waals surface area contributed by atoms with Crippen LogP contribution in [-0.2, 0) is 29.3 Å². The van der Waals surface area contributed by atoms with E-state index in [4.69, 9.17) is 30.5 Å². The number of pyridine rings is 1. The van der Waals surface area contributed by atoms with Gasteiger partial charge in [0, 0.05) is 82.4 Å². The second-order valence-electron chi connectivity index (χ2n) is 14.1. The van der Waals surface area contributed by atoms with Crippen molar-refractivity contribution in [2.45, 2.75) is 72.3 Å². The van der Waals surface area contributed by atoms with E-state index in [1.807, 2.05) is 24.3 Å². The molecule has 3 aromatic carbocycles. The van der Waals surface area contributed by atoms with Gasteiger partial charge in [0.2, 0.25) is 5.91 Å². The highest BCUT2D eigenvalue weighted by molar-refractivity contribution is 6.32. The van der Waals surface area contributed by atoms with E-state index in [1.165, 1.54) is 19.8 Å². The minimum atomic E-state index is -0.0576. The molecule has 1 amide bonds. The Morgan fingerprint density at radius 2 is 1.75 bits per heavy atom. The maximum absolute atomic E-state index is 11.2. The number of nitrogens with one attached hydrogen (secondary N) is 2. The number of hydrogen-bond acceptors (Lipinski definition) is 8. The zero-order chi connectivity index (χ0) is 37.0. The smallest absolute Gasteiger partial charge is 0.216 e. The van der Waals surface area contributed by atoms with Crippen molar-refractivity contribution in [1.29, 1.82) is 0 Å². The number of aromatic nitrogens is 1. The van der Waals surface area contributed by atoms with E-state index >= 15 is 0 Å². The van der Waals surface area contributed by atoms with Crippen LogP contribution in [0.5, 0.6) is 17.2 Å². The number of benzene rings is 3. The van der Waals surface area contributed by atoms with E-state index in [0.717, 1.165) is 83.8 Å². The van der Waals surface area contributed by atoms with Crippen LogP contribution in [0, 0.1) is 19.8 Å². The molecule has 2 N–H and O–H groups in total. The fourth-order valence-corrected chi connectivity index (χ4v) is 7.58. The lowest BCUT2D eigenvalue weighted by atomic mass is 9.88. The molecule has 282 valence electrons. The number of fused-ring (bicyclic) bond motifs is 1. The van der Waals surface area contributed by atoms with E-state index in [0.29, 0.717) is 68.0 Å². The van der Waals surface area contributed by atoms with Crippen LogP contribution >= 0.6 is 11.6 Å². The van der Waals surface area contributed by atoms with Crippen molar-refractivity contribution in [1.82, 2.24) is 20.5 Å². The summed E-state index contributed by atoms with van der Waals surface area (Å²) in [5.41, 5.74) is 7.50. The number of ether oxygens (including phenoxy) is 4. The van der Waals surface area contributed by atoms with Crippen molar-refractivity contribution in [3.05, 3.63) is 106 Å². The molecule has 0 radical (unpaired) electrons. The van der Waals surface area contributed by atoms with Gasteiger partial charge in [-0.25, -0.2) is 0 Å². The first-order valence-corrected chi connectivity index (χ1v) is 19.3. The fourth-order valence-electron chi connectivity index (χ4n) is 7.34. The lowest BCUT2D eigenvalue weighted by Gasteiger charge is -2.41. The van der Waals surface area contributed by atoms with Gasteiger partial charge in [-0.1, -0.05) is 48.0 Å². The van der Waals surface area contributed by atoms with Gasteiger partial charge in [-0.3, -0.25) is 9.78 Å². The third kappa shape index (κ3) is 10.7. The Kier molecular flexibility index (Phi) is 14.0. The largest absolute Gasteiger partial charge is 0.493 e. The molecule has 6 rings (SSSR count). The first-order valence-electron chi connectivity index (χ1n) is 18.9. The van der Waals surface area contributed by atoms with E-state index in [-0.39, 0.29) is 5.91 Å². The fraction of sp³-hybridized carbons (Fsp3) is 0.442. The Morgan fingerprint density at radius 1 is 0.925 bits per heavy atom. The number of rotatable bonds is 17. The first kappa shape index (κ1) is 38.6. The second kappa shape index (κ2) is 19.3. The number of hydrogen-bond donors (Lipinski definition) is 2. The van der Waals surface area contributed by atoms with Crippen LogP contribution in [0.1, 0.15) is 60.4 Å². The molecule has 1 aromatic heterocycles. The summed E-state index contributed by atoms with van der Waals surface area (Å²) in [5, 5.41) is 6.65. The predicted molar refractivity (Wildman–Crippen MR) is 210 cm³/mol. The van der Waals surface area contributed by atoms with Crippen molar-refractivity contribution >= 4 is 17.5 Å². The van der Waals surface area contributed by atoms with E-state index in [1.54, 1.807) is 12.4 Å². The molecule has 9 nitrogen and oxygen atoms in total. The molecule has 53 heavy (non-hydrogen) atoms. The molecule has 2 unspecified atom stereocenters. The molecular weight excluding hydrogens is 688 g/mol. The highest BCUT2D eigenvalue weighted by Crippen LogP contribution is 2.36. The second-order valence-corrected chi connectivity index (χ2v) is 14.5. The zero-order valence-electron chi connectivity index (χ0n) is 31.3. The Labute approximate surface area is 319 Å². The van der Waals surface area contributed by atoms with E-state index in [2.05, 4.69) is 70.8 Å². The topological polar surface area (TPSA) is 94.2 Å². The summed E-state index contributed by atoms with van der Waals surface area (Å²) < 4.78 is 25.0. The first-order chi connectivity index (χ1) is 25.9. The Morgan fingerprint density at radius 3 is 2.58 bits per heavy atom. The van der Waals surface area contributed by atoms with E-state index < -0.39 is 0 Å². The van der Waals surface area contributed by atoms with Gasteiger partial charge in [-0.05, 0) is 91.5 Å². The van der Waals surface area contributed by atoms with Crippen molar-refractivity contribution in [3.63, 3.8) is 0 Å². The van der Waals surface area contributed by atoms with E-state index in [9.17, 15) is 4.79 Å². The molecule has 2 aliphatic rings. The number of piperidine rings is 1. The number of nitrogens with zero attached hydrogens (tertiary/aromatic N) is 2. The zero-order valence-corrected chi connectivity index (χ0v) is 32.1. The summed E-state index contributed by atoms with van der Waals surface area (Å²) >= 11 is 6.80. The Balaban J connectivity index is 1.09. The highest BCUT2D eigenvalue weighted by Gasteiger charge is 2.31. The normalized spacial score (nSPS) is 17.2. The average molecular weight is 741 g/mol. The Hall–Kier alpha value is -4.15. The molecule has 0 aliphatic carbocycles. The van der Waals surface area contributed by atoms with Crippen LogP contribution in [0.3, 0.4) is 0 Å². The number of halogens is 1. The lowest BCUT2D eigenvalue weighted by Crippen LogP contribution is -2.46.